The Labute approximate surface area is 122 Å². The Morgan fingerprint density at radius 2 is 1.78 bits per heavy atom. The molecule has 1 N–H and O–H groups in total. The van der Waals surface area contributed by atoms with Crippen LogP contribution in [0, 0.1) is 6.92 Å². The summed E-state index contributed by atoms with van der Waals surface area (Å²) in [6.07, 6.45) is 5.83. The molecule has 0 fully saturated rings. The molecule has 1 aliphatic rings. The zero-order valence-corrected chi connectivity index (χ0v) is 13.1. The van der Waals surface area contributed by atoms with Gasteiger partial charge in [0.05, 0.1) is 4.90 Å². The van der Waals surface area contributed by atoms with E-state index >= 15 is 0 Å². The Morgan fingerprint density at radius 3 is 2.39 bits per heavy atom. The maximum Gasteiger partial charge on any atom is 0.240 e. The number of nitrogens with one attached hydrogen (secondary N) is 1. The molecule has 0 unspecified atom stereocenters. The van der Waals surface area contributed by atoms with E-state index in [0.717, 1.165) is 18.4 Å². The number of allylic oxidation sites excluding steroid dienone is 1. The molecule has 1 aliphatic carbocycles. The highest BCUT2D eigenvalue weighted by Gasteiger charge is 2.25. The van der Waals surface area contributed by atoms with E-state index in [1.165, 1.54) is 0 Å². The lowest BCUT2D eigenvalue weighted by Crippen LogP contribution is -2.41. The fourth-order valence-electron chi connectivity index (χ4n) is 1.89. The molecule has 0 spiro atoms. The van der Waals surface area contributed by atoms with Gasteiger partial charge in [0.25, 0.3) is 0 Å². The van der Waals surface area contributed by atoms with E-state index in [1.54, 1.807) is 12.1 Å². The van der Waals surface area contributed by atoms with Crippen LogP contribution in [0.15, 0.2) is 41.3 Å². The Hall–Kier alpha value is -0.400. The number of alkyl halides is 1. The summed E-state index contributed by atoms with van der Waals surface area (Å²) in [6, 6.07) is 6.92. The zero-order chi connectivity index (χ0) is 13.2. The van der Waals surface area contributed by atoms with E-state index in [4.69, 9.17) is 0 Å². The van der Waals surface area contributed by atoms with Gasteiger partial charge in [-0.1, -0.05) is 52.4 Å². The number of hydrogen-bond acceptors (Lipinski definition) is 2. The standard InChI is InChI=1S/C13H16INO2S/c1-10-6-8-11(9-7-10)18(16,17)15-13-5-3-2-4-12(13)14/h2-3,6-9,12-13,15H,4-5H2,1H3/t12-,13-/m1/s1. The predicted molar refractivity (Wildman–Crippen MR) is 81.5 cm³/mol. The van der Waals surface area contributed by atoms with Crippen molar-refractivity contribution in [3.05, 3.63) is 42.0 Å². The molecule has 1 aromatic carbocycles. The number of hydrogen-bond donors (Lipinski definition) is 1. The average molecular weight is 377 g/mol. The quantitative estimate of drug-likeness (QED) is 0.500. The number of aryl methyl sites for hydroxylation is 1. The lowest BCUT2D eigenvalue weighted by Gasteiger charge is -2.24. The second-order valence-electron chi connectivity index (χ2n) is 4.50. The van der Waals surface area contributed by atoms with Gasteiger partial charge in [0.1, 0.15) is 0 Å². The van der Waals surface area contributed by atoms with Crippen molar-refractivity contribution in [2.75, 3.05) is 0 Å². The number of halogens is 1. The van der Waals surface area contributed by atoms with Gasteiger partial charge in [-0.15, -0.1) is 0 Å². The first-order valence-electron chi connectivity index (χ1n) is 5.87. The summed E-state index contributed by atoms with van der Waals surface area (Å²) in [4.78, 5) is 0.339. The van der Waals surface area contributed by atoms with Gasteiger partial charge in [-0.25, -0.2) is 13.1 Å². The van der Waals surface area contributed by atoms with Gasteiger partial charge in [0.15, 0.2) is 0 Å². The van der Waals surface area contributed by atoms with Gasteiger partial charge < -0.3 is 0 Å². The van der Waals surface area contributed by atoms with E-state index < -0.39 is 10.0 Å². The van der Waals surface area contributed by atoms with Crippen LogP contribution in [0.5, 0.6) is 0 Å². The van der Waals surface area contributed by atoms with E-state index in [-0.39, 0.29) is 6.04 Å². The lowest BCUT2D eigenvalue weighted by atomic mass is 10.0. The highest BCUT2D eigenvalue weighted by Crippen LogP contribution is 2.22. The van der Waals surface area contributed by atoms with Crippen molar-refractivity contribution in [1.29, 1.82) is 0 Å². The molecule has 0 saturated carbocycles. The molecular weight excluding hydrogens is 361 g/mol. The van der Waals surface area contributed by atoms with E-state index in [9.17, 15) is 8.42 Å². The third-order valence-electron chi connectivity index (χ3n) is 2.99. The Morgan fingerprint density at radius 1 is 1.17 bits per heavy atom. The molecule has 0 amide bonds. The van der Waals surface area contributed by atoms with Crippen LogP contribution < -0.4 is 4.72 Å². The first kappa shape index (κ1) is 14.0. The van der Waals surface area contributed by atoms with Gasteiger partial charge in [-0.3, -0.25) is 0 Å². The van der Waals surface area contributed by atoms with Crippen molar-refractivity contribution in [3.63, 3.8) is 0 Å². The van der Waals surface area contributed by atoms with E-state index in [2.05, 4.69) is 33.4 Å². The topological polar surface area (TPSA) is 46.2 Å². The first-order valence-corrected chi connectivity index (χ1v) is 8.60. The summed E-state index contributed by atoms with van der Waals surface area (Å²) >= 11 is 2.31. The molecule has 0 aromatic heterocycles. The molecule has 0 saturated heterocycles. The summed E-state index contributed by atoms with van der Waals surface area (Å²) in [5, 5.41) is 0. The van der Waals surface area contributed by atoms with Gasteiger partial charge in [0, 0.05) is 9.97 Å². The number of sulfonamides is 1. The summed E-state index contributed by atoms with van der Waals surface area (Å²) in [6.45, 7) is 1.94. The van der Waals surface area contributed by atoms with Crippen LogP contribution in [0.25, 0.3) is 0 Å². The number of rotatable bonds is 3. The normalized spacial score (nSPS) is 24.1. The minimum atomic E-state index is -3.40. The molecule has 2 rings (SSSR count). The molecular formula is C13H16INO2S. The van der Waals surface area contributed by atoms with Crippen LogP contribution in [-0.4, -0.2) is 18.4 Å². The SMILES string of the molecule is Cc1ccc(S(=O)(=O)N[C@@H]2CC=CC[C@H]2I)cc1. The Kier molecular flexibility index (Phi) is 4.45. The Bertz CT molecular complexity index is 537. The van der Waals surface area contributed by atoms with E-state index in [0.29, 0.717) is 8.82 Å². The van der Waals surface area contributed by atoms with Crippen LogP contribution in [0.2, 0.25) is 0 Å². The average Bonchev–Trinajstić information content (AvgIpc) is 2.32. The molecule has 1 aromatic rings. The van der Waals surface area contributed by atoms with Gasteiger partial charge in [-0.2, -0.15) is 0 Å². The fourth-order valence-corrected chi connectivity index (χ4v) is 4.19. The van der Waals surface area contributed by atoms with Crippen molar-refractivity contribution >= 4 is 32.6 Å². The smallest absolute Gasteiger partial charge is 0.207 e. The summed E-state index contributed by atoms with van der Waals surface area (Å²) in [5.74, 6) is 0. The third-order valence-corrected chi connectivity index (χ3v) is 5.87. The summed E-state index contributed by atoms with van der Waals surface area (Å²) in [7, 11) is -3.40. The van der Waals surface area contributed by atoms with E-state index in [1.807, 2.05) is 25.1 Å². The van der Waals surface area contributed by atoms with Crippen molar-refractivity contribution < 1.29 is 8.42 Å². The van der Waals surface area contributed by atoms with Crippen LogP contribution in [-0.2, 0) is 10.0 Å². The Balaban J connectivity index is 2.16. The molecule has 0 bridgehead atoms. The van der Waals surface area contributed by atoms with Crippen molar-refractivity contribution in [3.8, 4) is 0 Å². The minimum absolute atomic E-state index is 0.0121. The minimum Gasteiger partial charge on any atom is -0.207 e. The molecule has 0 radical (unpaired) electrons. The largest absolute Gasteiger partial charge is 0.240 e. The third kappa shape index (κ3) is 3.33. The van der Waals surface area contributed by atoms with Crippen LogP contribution in [0.1, 0.15) is 18.4 Å². The maximum absolute atomic E-state index is 12.2. The van der Waals surface area contributed by atoms with Crippen molar-refractivity contribution in [2.24, 2.45) is 0 Å². The monoisotopic (exact) mass is 377 g/mol. The molecule has 0 aliphatic heterocycles. The van der Waals surface area contributed by atoms with Gasteiger partial charge in [0.2, 0.25) is 10.0 Å². The van der Waals surface area contributed by atoms with Crippen molar-refractivity contribution in [2.45, 2.75) is 34.6 Å². The molecule has 18 heavy (non-hydrogen) atoms. The summed E-state index contributed by atoms with van der Waals surface area (Å²) < 4.78 is 27.5. The van der Waals surface area contributed by atoms with Gasteiger partial charge >= 0.3 is 0 Å². The molecule has 0 heterocycles. The second kappa shape index (κ2) is 5.71. The molecule has 3 nitrogen and oxygen atoms in total. The predicted octanol–water partition coefficient (Wildman–Crippen LogP) is 2.80. The fraction of sp³-hybridized carbons (Fsp3) is 0.385. The summed E-state index contributed by atoms with van der Waals surface area (Å²) in [5.41, 5.74) is 1.06. The first-order chi connectivity index (χ1) is 8.49. The molecule has 2 atom stereocenters. The second-order valence-corrected chi connectivity index (χ2v) is 7.81. The lowest BCUT2D eigenvalue weighted by molar-refractivity contribution is 0.537. The highest BCUT2D eigenvalue weighted by molar-refractivity contribution is 14.1. The van der Waals surface area contributed by atoms with Crippen molar-refractivity contribution in [1.82, 2.24) is 4.72 Å². The zero-order valence-electron chi connectivity index (χ0n) is 10.1. The van der Waals surface area contributed by atoms with Crippen LogP contribution >= 0.6 is 22.6 Å². The number of benzene rings is 1. The molecule has 5 heteroatoms. The van der Waals surface area contributed by atoms with Gasteiger partial charge in [-0.05, 0) is 31.9 Å². The van der Waals surface area contributed by atoms with Crippen LogP contribution in [0.3, 0.4) is 0 Å². The molecule has 98 valence electrons. The maximum atomic E-state index is 12.2. The van der Waals surface area contributed by atoms with Crippen LogP contribution in [0.4, 0.5) is 0 Å². The highest BCUT2D eigenvalue weighted by atomic mass is 127.